The molecule has 0 saturated carbocycles. The summed E-state index contributed by atoms with van der Waals surface area (Å²) in [4.78, 5) is 22.9. The number of aryl methyl sites for hydroxylation is 1. The SMILES string of the molecule is O=C(CCc1ccc(NC(=O)Cc2ccccc2)cc1)NO. The number of hydrogen-bond acceptors (Lipinski definition) is 3. The van der Waals surface area contributed by atoms with Crippen molar-refractivity contribution in [1.82, 2.24) is 5.48 Å². The lowest BCUT2D eigenvalue weighted by atomic mass is 10.1. The Morgan fingerprint density at radius 2 is 1.55 bits per heavy atom. The minimum atomic E-state index is -0.416. The minimum absolute atomic E-state index is 0.0707. The van der Waals surface area contributed by atoms with Crippen LogP contribution in [-0.2, 0) is 22.4 Å². The van der Waals surface area contributed by atoms with Crippen LogP contribution in [0.3, 0.4) is 0 Å². The molecule has 2 aromatic carbocycles. The molecular formula is C17H18N2O3. The van der Waals surface area contributed by atoms with Crippen LogP contribution in [0.5, 0.6) is 0 Å². The molecule has 0 aromatic heterocycles. The summed E-state index contributed by atoms with van der Waals surface area (Å²) in [6.45, 7) is 0. The number of nitrogens with one attached hydrogen (secondary N) is 2. The molecule has 114 valence electrons. The summed E-state index contributed by atoms with van der Waals surface area (Å²) < 4.78 is 0. The van der Waals surface area contributed by atoms with Gasteiger partial charge in [-0.15, -0.1) is 0 Å². The highest BCUT2D eigenvalue weighted by Gasteiger charge is 2.04. The van der Waals surface area contributed by atoms with E-state index in [1.807, 2.05) is 42.5 Å². The Morgan fingerprint density at radius 3 is 2.18 bits per heavy atom. The summed E-state index contributed by atoms with van der Waals surface area (Å²) in [5.41, 5.74) is 4.25. The number of amides is 2. The quantitative estimate of drug-likeness (QED) is 0.565. The lowest BCUT2D eigenvalue weighted by molar-refractivity contribution is -0.129. The summed E-state index contributed by atoms with van der Waals surface area (Å²) in [6, 6.07) is 16.8. The van der Waals surface area contributed by atoms with E-state index < -0.39 is 5.91 Å². The second kappa shape index (κ2) is 7.95. The van der Waals surface area contributed by atoms with Crippen molar-refractivity contribution < 1.29 is 14.8 Å². The number of hydrogen-bond donors (Lipinski definition) is 3. The third-order valence-electron chi connectivity index (χ3n) is 3.21. The first-order valence-electron chi connectivity index (χ1n) is 7.03. The molecule has 3 N–H and O–H groups in total. The molecule has 5 nitrogen and oxygen atoms in total. The number of hydroxylamine groups is 1. The zero-order chi connectivity index (χ0) is 15.8. The van der Waals surface area contributed by atoms with E-state index in [1.54, 1.807) is 17.6 Å². The third kappa shape index (κ3) is 5.03. The van der Waals surface area contributed by atoms with Gasteiger partial charge < -0.3 is 5.32 Å². The van der Waals surface area contributed by atoms with Crippen LogP contribution in [-0.4, -0.2) is 17.0 Å². The van der Waals surface area contributed by atoms with Crippen LogP contribution in [0.15, 0.2) is 54.6 Å². The minimum Gasteiger partial charge on any atom is -0.326 e. The standard InChI is InChI=1S/C17H18N2O3/c20-16(19-22)11-8-13-6-9-15(10-7-13)18-17(21)12-14-4-2-1-3-5-14/h1-7,9-10,22H,8,11-12H2,(H,18,21)(H,19,20). The maximum Gasteiger partial charge on any atom is 0.243 e. The van der Waals surface area contributed by atoms with Crippen LogP contribution < -0.4 is 10.8 Å². The van der Waals surface area contributed by atoms with Gasteiger partial charge in [0, 0.05) is 12.1 Å². The normalized spacial score (nSPS) is 10.0. The van der Waals surface area contributed by atoms with E-state index in [9.17, 15) is 9.59 Å². The summed E-state index contributed by atoms with van der Waals surface area (Å²) in [6.07, 6.45) is 1.08. The Hall–Kier alpha value is -2.66. The predicted octanol–water partition coefficient (Wildman–Crippen LogP) is 2.31. The van der Waals surface area contributed by atoms with Crippen LogP contribution in [0.25, 0.3) is 0 Å². The molecule has 0 bridgehead atoms. The molecule has 0 aliphatic carbocycles. The molecule has 2 rings (SSSR count). The van der Waals surface area contributed by atoms with Gasteiger partial charge in [-0.1, -0.05) is 42.5 Å². The van der Waals surface area contributed by atoms with E-state index in [1.165, 1.54) is 0 Å². The van der Waals surface area contributed by atoms with Crippen LogP contribution in [0.1, 0.15) is 17.5 Å². The Labute approximate surface area is 128 Å². The van der Waals surface area contributed by atoms with Gasteiger partial charge in [-0.3, -0.25) is 14.8 Å². The van der Waals surface area contributed by atoms with E-state index in [4.69, 9.17) is 5.21 Å². The van der Waals surface area contributed by atoms with Crippen LogP contribution >= 0.6 is 0 Å². The average molecular weight is 298 g/mol. The van der Waals surface area contributed by atoms with E-state index in [-0.39, 0.29) is 12.3 Å². The topological polar surface area (TPSA) is 78.4 Å². The molecule has 0 spiro atoms. The number of anilines is 1. The van der Waals surface area contributed by atoms with Crippen LogP contribution in [0.2, 0.25) is 0 Å². The first kappa shape index (κ1) is 15.7. The van der Waals surface area contributed by atoms with Crippen molar-refractivity contribution in [1.29, 1.82) is 0 Å². The fourth-order valence-corrected chi connectivity index (χ4v) is 2.05. The fourth-order valence-electron chi connectivity index (χ4n) is 2.05. The zero-order valence-electron chi connectivity index (χ0n) is 12.1. The summed E-state index contributed by atoms with van der Waals surface area (Å²) in [5, 5.41) is 11.3. The largest absolute Gasteiger partial charge is 0.326 e. The molecule has 2 aromatic rings. The molecule has 2 amide bonds. The zero-order valence-corrected chi connectivity index (χ0v) is 12.1. The highest BCUT2D eigenvalue weighted by Crippen LogP contribution is 2.12. The van der Waals surface area contributed by atoms with Gasteiger partial charge >= 0.3 is 0 Å². The lowest BCUT2D eigenvalue weighted by Crippen LogP contribution is -2.18. The highest BCUT2D eigenvalue weighted by atomic mass is 16.5. The van der Waals surface area contributed by atoms with Gasteiger partial charge in [0.25, 0.3) is 0 Å². The molecule has 0 fully saturated rings. The monoisotopic (exact) mass is 298 g/mol. The lowest BCUT2D eigenvalue weighted by Gasteiger charge is -2.07. The second-order valence-electron chi connectivity index (χ2n) is 4.94. The van der Waals surface area contributed by atoms with Gasteiger partial charge in [0.1, 0.15) is 0 Å². The molecule has 22 heavy (non-hydrogen) atoms. The molecule has 0 atom stereocenters. The van der Waals surface area contributed by atoms with E-state index in [0.717, 1.165) is 16.8 Å². The van der Waals surface area contributed by atoms with Crippen molar-refractivity contribution >= 4 is 17.5 Å². The molecule has 5 heteroatoms. The third-order valence-corrected chi connectivity index (χ3v) is 3.21. The maximum atomic E-state index is 11.9. The maximum absolute atomic E-state index is 11.9. The van der Waals surface area contributed by atoms with Crippen LogP contribution in [0.4, 0.5) is 5.69 Å². The van der Waals surface area contributed by atoms with Crippen molar-refractivity contribution in [3.8, 4) is 0 Å². The van der Waals surface area contributed by atoms with Crippen LogP contribution in [0, 0.1) is 0 Å². The van der Waals surface area contributed by atoms with E-state index in [0.29, 0.717) is 12.8 Å². The van der Waals surface area contributed by atoms with Gasteiger partial charge in [0.05, 0.1) is 6.42 Å². The van der Waals surface area contributed by atoms with Crippen molar-refractivity contribution in [3.63, 3.8) is 0 Å². The van der Waals surface area contributed by atoms with E-state index >= 15 is 0 Å². The Morgan fingerprint density at radius 1 is 0.864 bits per heavy atom. The predicted molar refractivity (Wildman–Crippen MR) is 83.5 cm³/mol. The Kier molecular flexibility index (Phi) is 5.68. The van der Waals surface area contributed by atoms with Gasteiger partial charge in [-0.05, 0) is 29.7 Å². The van der Waals surface area contributed by atoms with Gasteiger partial charge in [0.15, 0.2) is 0 Å². The van der Waals surface area contributed by atoms with Gasteiger partial charge in [-0.25, -0.2) is 5.48 Å². The Balaban J connectivity index is 1.85. The highest BCUT2D eigenvalue weighted by molar-refractivity contribution is 5.92. The molecule has 0 radical (unpaired) electrons. The Bertz CT molecular complexity index is 624. The molecule has 0 saturated heterocycles. The first-order chi connectivity index (χ1) is 10.7. The molecule has 0 unspecified atom stereocenters. The molecular weight excluding hydrogens is 280 g/mol. The van der Waals surface area contributed by atoms with Crippen molar-refractivity contribution in [2.75, 3.05) is 5.32 Å². The smallest absolute Gasteiger partial charge is 0.243 e. The number of carbonyl (C=O) groups is 2. The van der Waals surface area contributed by atoms with Crippen molar-refractivity contribution in [3.05, 3.63) is 65.7 Å². The average Bonchev–Trinajstić information content (AvgIpc) is 2.54. The molecule has 0 heterocycles. The fraction of sp³-hybridized carbons (Fsp3) is 0.176. The number of rotatable bonds is 6. The number of carbonyl (C=O) groups excluding carboxylic acids is 2. The molecule has 0 aliphatic rings. The number of benzene rings is 2. The summed E-state index contributed by atoms with van der Waals surface area (Å²) >= 11 is 0. The summed E-state index contributed by atoms with van der Waals surface area (Å²) in [5.74, 6) is -0.487. The van der Waals surface area contributed by atoms with E-state index in [2.05, 4.69) is 5.32 Å². The molecule has 0 aliphatic heterocycles. The van der Waals surface area contributed by atoms with Gasteiger partial charge in [-0.2, -0.15) is 0 Å². The van der Waals surface area contributed by atoms with Gasteiger partial charge in [0.2, 0.25) is 11.8 Å². The first-order valence-corrected chi connectivity index (χ1v) is 7.03. The van der Waals surface area contributed by atoms with Crippen molar-refractivity contribution in [2.24, 2.45) is 0 Å². The van der Waals surface area contributed by atoms with Crippen molar-refractivity contribution in [2.45, 2.75) is 19.3 Å². The second-order valence-corrected chi connectivity index (χ2v) is 4.94. The summed E-state index contributed by atoms with van der Waals surface area (Å²) in [7, 11) is 0.